The number of aromatic hydroxyl groups is 1. The fourth-order valence-corrected chi connectivity index (χ4v) is 3.36. The Labute approximate surface area is 142 Å². The standard InChI is InChI=1S/C18H24N2O4/c21-13-16-10-15-12-20(5-3-14(15)11-17(16)22)18(23)2-1-4-19-6-8-24-9-7-19/h10-11,13,22H,1-9,12H2. The molecule has 1 aromatic carbocycles. The zero-order valence-corrected chi connectivity index (χ0v) is 13.9. The maximum absolute atomic E-state index is 12.4. The van der Waals surface area contributed by atoms with E-state index in [1.165, 1.54) is 0 Å². The second-order valence-electron chi connectivity index (χ2n) is 6.42. The monoisotopic (exact) mass is 332 g/mol. The van der Waals surface area contributed by atoms with Gasteiger partial charge in [-0.2, -0.15) is 0 Å². The molecule has 0 atom stereocenters. The van der Waals surface area contributed by atoms with Gasteiger partial charge in [0.05, 0.1) is 18.8 Å². The molecule has 0 bridgehead atoms. The molecule has 1 amide bonds. The highest BCUT2D eigenvalue weighted by atomic mass is 16.5. The van der Waals surface area contributed by atoms with E-state index in [1.54, 1.807) is 12.1 Å². The molecule has 0 unspecified atom stereocenters. The third-order valence-corrected chi connectivity index (χ3v) is 4.81. The summed E-state index contributed by atoms with van der Waals surface area (Å²) in [6, 6.07) is 3.35. The molecule has 1 N–H and O–H groups in total. The maximum Gasteiger partial charge on any atom is 0.222 e. The minimum Gasteiger partial charge on any atom is -0.507 e. The average Bonchev–Trinajstić information content (AvgIpc) is 2.61. The number of phenolic OH excluding ortho intramolecular Hbond substituents is 1. The van der Waals surface area contributed by atoms with Crippen molar-refractivity contribution in [1.82, 2.24) is 9.80 Å². The van der Waals surface area contributed by atoms with Crippen molar-refractivity contribution in [2.45, 2.75) is 25.8 Å². The van der Waals surface area contributed by atoms with Crippen molar-refractivity contribution >= 4 is 12.2 Å². The molecule has 3 rings (SSSR count). The number of rotatable bonds is 5. The number of benzene rings is 1. The molecule has 1 fully saturated rings. The molecule has 1 aromatic rings. The number of fused-ring (bicyclic) bond motifs is 1. The number of hydrogen-bond acceptors (Lipinski definition) is 5. The summed E-state index contributed by atoms with van der Waals surface area (Å²) in [6.45, 7) is 5.58. The van der Waals surface area contributed by atoms with E-state index in [0.29, 0.717) is 25.8 Å². The van der Waals surface area contributed by atoms with Crippen molar-refractivity contribution in [2.75, 3.05) is 39.4 Å². The number of aldehydes is 1. The van der Waals surface area contributed by atoms with Gasteiger partial charge in [0.2, 0.25) is 5.91 Å². The maximum atomic E-state index is 12.4. The predicted octanol–water partition coefficient (Wildman–Crippen LogP) is 1.20. The number of morpholine rings is 1. The SMILES string of the molecule is O=Cc1cc2c(cc1O)CCN(C(=O)CCCN1CCOCC1)C2. The summed E-state index contributed by atoms with van der Waals surface area (Å²) in [5, 5.41) is 9.76. The fourth-order valence-electron chi connectivity index (χ4n) is 3.36. The summed E-state index contributed by atoms with van der Waals surface area (Å²) in [5.41, 5.74) is 2.27. The molecule has 2 heterocycles. The van der Waals surface area contributed by atoms with Gasteiger partial charge in [0, 0.05) is 32.6 Å². The van der Waals surface area contributed by atoms with Gasteiger partial charge in [0.15, 0.2) is 6.29 Å². The molecule has 0 spiro atoms. The predicted molar refractivity (Wildman–Crippen MR) is 89.1 cm³/mol. The molecular weight excluding hydrogens is 308 g/mol. The Bertz CT molecular complexity index is 611. The van der Waals surface area contributed by atoms with Crippen LogP contribution in [0, 0.1) is 0 Å². The first-order valence-corrected chi connectivity index (χ1v) is 8.55. The minimum absolute atomic E-state index is 0.0223. The van der Waals surface area contributed by atoms with Gasteiger partial charge in [0.25, 0.3) is 0 Å². The first-order chi connectivity index (χ1) is 11.7. The summed E-state index contributed by atoms with van der Waals surface area (Å²) in [7, 11) is 0. The van der Waals surface area contributed by atoms with Gasteiger partial charge >= 0.3 is 0 Å². The van der Waals surface area contributed by atoms with Crippen LogP contribution in [0.4, 0.5) is 0 Å². The Morgan fingerprint density at radius 1 is 1.21 bits per heavy atom. The number of hydrogen-bond donors (Lipinski definition) is 1. The highest BCUT2D eigenvalue weighted by molar-refractivity contribution is 5.80. The summed E-state index contributed by atoms with van der Waals surface area (Å²) in [5.74, 6) is 0.184. The summed E-state index contributed by atoms with van der Waals surface area (Å²) in [6.07, 6.45) is 2.78. The average molecular weight is 332 g/mol. The largest absolute Gasteiger partial charge is 0.507 e. The van der Waals surface area contributed by atoms with Gasteiger partial charge in [-0.15, -0.1) is 0 Å². The normalized spacial score (nSPS) is 18.2. The minimum atomic E-state index is 0.0223. The molecule has 0 radical (unpaired) electrons. The van der Waals surface area contributed by atoms with Gasteiger partial charge in [0.1, 0.15) is 5.75 Å². The topological polar surface area (TPSA) is 70.1 Å². The van der Waals surface area contributed by atoms with E-state index in [9.17, 15) is 14.7 Å². The molecule has 2 aliphatic rings. The van der Waals surface area contributed by atoms with E-state index < -0.39 is 0 Å². The Kier molecular flexibility index (Phi) is 5.48. The van der Waals surface area contributed by atoms with Gasteiger partial charge in [-0.25, -0.2) is 0 Å². The number of ether oxygens (including phenoxy) is 1. The van der Waals surface area contributed by atoms with Gasteiger partial charge in [-0.3, -0.25) is 14.5 Å². The van der Waals surface area contributed by atoms with Crippen molar-refractivity contribution in [3.63, 3.8) is 0 Å². The Hall–Kier alpha value is -1.92. The van der Waals surface area contributed by atoms with Crippen LogP contribution in [0.25, 0.3) is 0 Å². The molecule has 0 aromatic heterocycles. The molecular formula is C18H24N2O4. The van der Waals surface area contributed by atoms with Crippen molar-refractivity contribution in [2.24, 2.45) is 0 Å². The highest BCUT2D eigenvalue weighted by Gasteiger charge is 2.22. The lowest BCUT2D eigenvalue weighted by Gasteiger charge is -2.30. The van der Waals surface area contributed by atoms with Gasteiger partial charge in [-0.1, -0.05) is 0 Å². The number of amides is 1. The second-order valence-corrected chi connectivity index (χ2v) is 6.42. The number of phenols is 1. The Morgan fingerprint density at radius 2 is 2.00 bits per heavy atom. The fraction of sp³-hybridized carbons (Fsp3) is 0.556. The second kappa shape index (κ2) is 7.77. The molecule has 0 aliphatic carbocycles. The van der Waals surface area contributed by atoms with Gasteiger partial charge in [-0.05, 0) is 42.6 Å². The highest BCUT2D eigenvalue weighted by Crippen LogP contribution is 2.26. The van der Waals surface area contributed by atoms with Crippen molar-refractivity contribution in [3.8, 4) is 5.75 Å². The van der Waals surface area contributed by atoms with E-state index >= 15 is 0 Å². The number of carbonyl (C=O) groups is 2. The van der Waals surface area contributed by atoms with E-state index in [0.717, 1.165) is 56.8 Å². The lowest BCUT2D eigenvalue weighted by atomic mass is 9.96. The van der Waals surface area contributed by atoms with Crippen LogP contribution in [0.3, 0.4) is 0 Å². The quantitative estimate of drug-likeness (QED) is 0.821. The number of carbonyl (C=O) groups excluding carboxylic acids is 2. The lowest BCUT2D eigenvalue weighted by Crippen LogP contribution is -2.38. The van der Waals surface area contributed by atoms with Crippen molar-refractivity contribution < 1.29 is 19.4 Å². The third-order valence-electron chi connectivity index (χ3n) is 4.81. The van der Waals surface area contributed by atoms with E-state index in [2.05, 4.69) is 4.90 Å². The van der Waals surface area contributed by atoms with Crippen LogP contribution in [-0.2, 0) is 22.5 Å². The van der Waals surface area contributed by atoms with E-state index in [4.69, 9.17) is 4.74 Å². The van der Waals surface area contributed by atoms with Crippen LogP contribution in [0.1, 0.15) is 34.3 Å². The van der Waals surface area contributed by atoms with Crippen LogP contribution in [-0.4, -0.2) is 66.5 Å². The van der Waals surface area contributed by atoms with Crippen molar-refractivity contribution in [1.29, 1.82) is 0 Å². The molecule has 130 valence electrons. The van der Waals surface area contributed by atoms with Crippen LogP contribution in [0.15, 0.2) is 12.1 Å². The van der Waals surface area contributed by atoms with E-state index in [-0.39, 0.29) is 17.2 Å². The first-order valence-electron chi connectivity index (χ1n) is 8.55. The van der Waals surface area contributed by atoms with Crippen LogP contribution in [0.5, 0.6) is 5.75 Å². The van der Waals surface area contributed by atoms with Crippen LogP contribution >= 0.6 is 0 Å². The zero-order valence-electron chi connectivity index (χ0n) is 13.9. The molecule has 24 heavy (non-hydrogen) atoms. The summed E-state index contributed by atoms with van der Waals surface area (Å²) >= 11 is 0. The third kappa shape index (κ3) is 3.94. The summed E-state index contributed by atoms with van der Waals surface area (Å²) < 4.78 is 5.32. The smallest absolute Gasteiger partial charge is 0.222 e. The Morgan fingerprint density at radius 3 is 2.75 bits per heavy atom. The molecule has 2 aliphatic heterocycles. The van der Waals surface area contributed by atoms with E-state index in [1.807, 2.05) is 4.90 Å². The molecule has 6 heteroatoms. The lowest BCUT2D eigenvalue weighted by molar-refractivity contribution is -0.132. The van der Waals surface area contributed by atoms with Crippen molar-refractivity contribution in [3.05, 3.63) is 28.8 Å². The first kappa shape index (κ1) is 16.9. The molecule has 6 nitrogen and oxygen atoms in total. The zero-order chi connectivity index (χ0) is 16.9. The number of nitrogens with zero attached hydrogens (tertiary/aromatic N) is 2. The van der Waals surface area contributed by atoms with Crippen LogP contribution < -0.4 is 0 Å². The van der Waals surface area contributed by atoms with Crippen LogP contribution in [0.2, 0.25) is 0 Å². The summed E-state index contributed by atoms with van der Waals surface area (Å²) in [4.78, 5) is 27.6. The molecule has 0 saturated carbocycles. The molecule has 1 saturated heterocycles. The Balaban J connectivity index is 1.52. The van der Waals surface area contributed by atoms with Gasteiger partial charge < -0.3 is 14.7 Å².